The van der Waals surface area contributed by atoms with E-state index in [2.05, 4.69) is 13.8 Å². The Morgan fingerprint density at radius 1 is 1.33 bits per heavy atom. The van der Waals surface area contributed by atoms with Crippen LogP contribution in [0.3, 0.4) is 0 Å². The van der Waals surface area contributed by atoms with E-state index >= 15 is 0 Å². The maximum absolute atomic E-state index is 11.0. The molecule has 0 spiro atoms. The molecule has 0 heterocycles. The Hall–Kier alpha value is -0.570. The number of nitrogens with two attached hydrogens (primary N) is 1. The van der Waals surface area contributed by atoms with E-state index in [-0.39, 0.29) is 5.41 Å². The van der Waals surface area contributed by atoms with E-state index in [9.17, 15) is 4.79 Å². The largest absolute Gasteiger partial charge is 0.480 e. The molecule has 0 aromatic rings. The van der Waals surface area contributed by atoms with Gasteiger partial charge in [-0.25, -0.2) is 0 Å². The van der Waals surface area contributed by atoms with Crippen molar-refractivity contribution >= 4 is 5.97 Å². The summed E-state index contributed by atoms with van der Waals surface area (Å²) in [6.07, 6.45) is 6.50. The number of carbonyl (C=O) groups is 1. The maximum Gasteiger partial charge on any atom is 0.321 e. The minimum Gasteiger partial charge on any atom is -0.480 e. The van der Waals surface area contributed by atoms with Crippen LogP contribution in [0.5, 0.6) is 0 Å². The van der Waals surface area contributed by atoms with Crippen LogP contribution < -0.4 is 5.73 Å². The lowest BCUT2D eigenvalue weighted by Gasteiger charge is -2.29. The Morgan fingerprint density at radius 2 is 1.80 bits per heavy atom. The highest BCUT2D eigenvalue weighted by molar-refractivity contribution is 5.75. The molecule has 0 aliphatic heterocycles. The molecule has 1 aliphatic rings. The van der Waals surface area contributed by atoms with Crippen LogP contribution in [0, 0.1) is 11.3 Å². The Bertz CT molecular complexity index is 218. The van der Waals surface area contributed by atoms with Gasteiger partial charge in [-0.1, -0.05) is 39.5 Å². The molecule has 0 aromatic heterocycles. The Labute approximate surface area is 92.0 Å². The third kappa shape index (κ3) is 2.51. The summed E-state index contributed by atoms with van der Waals surface area (Å²) in [5, 5.41) is 9.02. The Morgan fingerprint density at radius 3 is 2.07 bits per heavy atom. The molecule has 1 rings (SSSR count). The van der Waals surface area contributed by atoms with Gasteiger partial charge in [0.1, 0.15) is 6.04 Å². The van der Waals surface area contributed by atoms with Crippen molar-refractivity contribution in [1.29, 1.82) is 0 Å². The van der Waals surface area contributed by atoms with Gasteiger partial charge < -0.3 is 10.8 Å². The molecule has 3 heteroatoms. The number of aliphatic carboxylic acids is 1. The van der Waals surface area contributed by atoms with Crippen molar-refractivity contribution in [2.45, 2.75) is 58.4 Å². The fourth-order valence-corrected chi connectivity index (χ4v) is 2.78. The molecule has 3 N–H and O–H groups in total. The van der Waals surface area contributed by atoms with Crippen molar-refractivity contribution in [3.8, 4) is 0 Å². The van der Waals surface area contributed by atoms with E-state index in [0.29, 0.717) is 5.92 Å². The highest BCUT2D eigenvalue weighted by atomic mass is 16.4. The van der Waals surface area contributed by atoms with Crippen molar-refractivity contribution in [2.75, 3.05) is 0 Å². The Kier molecular flexibility index (Phi) is 4.14. The first-order chi connectivity index (χ1) is 7.08. The molecule has 15 heavy (non-hydrogen) atoms. The van der Waals surface area contributed by atoms with Crippen molar-refractivity contribution in [3.63, 3.8) is 0 Å². The molecule has 0 saturated heterocycles. The first-order valence-corrected chi connectivity index (χ1v) is 6.06. The molecule has 1 aliphatic carbocycles. The lowest BCUT2D eigenvalue weighted by Crippen LogP contribution is -2.43. The molecule has 0 amide bonds. The van der Waals surface area contributed by atoms with Crippen LogP contribution >= 0.6 is 0 Å². The van der Waals surface area contributed by atoms with Crippen LogP contribution in [0.2, 0.25) is 0 Å². The van der Waals surface area contributed by atoms with Gasteiger partial charge in [0.25, 0.3) is 0 Å². The van der Waals surface area contributed by atoms with Gasteiger partial charge in [-0.3, -0.25) is 4.79 Å². The second-order valence-corrected chi connectivity index (χ2v) is 4.82. The second-order valence-electron chi connectivity index (χ2n) is 4.82. The number of rotatable bonds is 7. The quantitative estimate of drug-likeness (QED) is 0.682. The molecule has 1 atom stereocenters. The van der Waals surface area contributed by atoms with Gasteiger partial charge >= 0.3 is 5.97 Å². The number of hydrogen-bond acceptors (Lipinski definition) is 2. The van der Waals surface area contributed by atoms with Crippen molar-refractivity contribution in [1.82, 2.24) is 0 Å². The van der Waals surface area contributed by atoms with Crippen LogP contribution in [0.4, 0.5) is 0 Å². The van der Waals surface area contributed by atoms with Gasteiger partial charge in [0.2, 0.25) is 0 Å². The molecule has 0 radical (unpaired) electrons. The SMILES string of the molecule is CCCC(CCC)C1(C(N)C(=O)O)CC1. The maximum atomic E-state index is 11.0. The molecule has 1 fully saturated rings. The summed E-state index contributed by atoms with van der Waals surface area (Å²) in [5.41, 5.74) is 5.75. The zero-order valence-electron chi connectivity index (χ0n) is 9.83. The molecule has 1 unspecified atom stereocenters. The summed E-state index contributed by atoms with van der Waals surface area (Å²) in [5.74, 6) is -0.316. The summed E-state index contributed by atoms with van der Waals surface area (Å²) >= 11 is 0. The predicted molar refractivity (Wildman–Crippen MR) is 60.6 cm³/mol. The smallest absolute Gasteiger partial charge is 0.321 e. The topological polar surface area (TPSA) is 63.3 Å². The van der Waals surface area contributed by atoms with Gasteiger partial charge in [-0.2, -0.15) is 0 Å². The van der Waals surface area contributed by atoms with E-state index in [4.69, 9.17) is 10.8 Å². The molecule has 0 aromatic carbocycles. The van der Waals surface area contributed by atoms with Crippen LogP contribution in [-0.4, -0.2) is 17.1 Å². The standard InChI is InChI=1S/C12H23NO2/c1-3-5-9(6-4-2)12(7-8-12)10(13)11(14)15/h9-10H,3-8,13H2,1-2H3,(H,14,15). The average Bonchev–Trinajstić information content (AvgIpc) is 2.97. The monoisotopic (exact) mass is 213 g/mol. The molecular weight excluding hydrogens is 190 g/mol. The molecule has 1 saturated carbocycles. The first kappa shape index (κ1) is 12.5. The fourth-order valence-electron chi connectivity index (χ4n) is 2.78. The molecule has 3 nitrogen and oxygen atoms in total. The highest BCUT2D eigenvalue weighted by Crippen LogP contribution is 2.57. The van der Waals surface area contributed by atoms with Gasteiger partial charge in [-0.15, -0.1) is 0 Å². The van der Waals surface area contributed by atoms with E-state index < -0.39 is 12.0 Å². The van der Waals surface area contributed by atoms with Crippen LogP contribution in [-0.2, 0) is 4.79 Å². The van der Waals surface area contributed by atoms with Crippen LogP contribution in [0.25, 0.3) is 0 Å². The number of hydrogen-bond donors (Lipinski definition) is 2. The summed E-state index contributed by atoms with van der Waals surface area (Å²) < 4.78 is 0. The fraction of sp³-hybridized carbons (Fsp3) is 0.917. The molecular formula is C12H23NO2. The van der Waals surface area contributed by atoms with Gasteiger partial charge in [0.15, 0.2) is 0 Å². The van der Waals surface area contributed by atoms with E-state index in [1.165, 1.54) is 0 Å². The van der Waals surface area contributed by atoms with Crippen molar-refractivity contribution < 1.29 is 9.90 Å². The normalized spacial score (nSPS) is 20.3. The minimum absolute atomic E-state index is 0.0716. The van der Waals surface area contributed by atoms with Crippen molar-refractivity contribution in [2.24, 2.45) is 17.1 Å². The van der Waals surface area contributed by atoms with Crippen LogP contribution in [0.1, 0.15) is 52.4 Å². The lowest BCUT2D eigenvalue weighted by molar-refractivity contribution is -0.141. The van der Waals surface area contributed by atoms with E-state index in [1.807, 2.05) is 0 Å². The zero-order valence-corrected chi connectivity index (χ0v) is 9.83. The third-order valence-corrected chi connectivity index (χ3v) is 3.80. The van der Waals surface area contributed by atoms with Gasteiger partial charge in [-0.05, 0) is 24.2 Å². The summed E-state index contributed by atoms with van der Waals surface area (Å²) in [6.45, 7) is 4.32. The van der Waals surface area contributed by atoms with E-state index in [0.717, 1.165) is 38.5 Å². The minimum atomic E-state index is -0.829. The first-order valence-electron chi connectivity index (χ1n) is 6.06. The third-order valence-electron chi connectivity index (χ3n) is 3.80. The predicted octanol–water partition coefficient (Wildman–Crippen LogP) is 2.39. The van der Waals surface area contributed by atoms with Gasteiger partial charge in [0.05, 0.1) is 0 Å². The lowest BCUT2D eigenvalue weighted by atomic mass is 9.77. The van der Waals surface area contributed by atoms with Gasteiger partial charge in [0, 0.05) is 0 Å². The average molecular weight is 213 g/mol. The van der Waals surface area contributed by atoms with E-state index in [1.54, 1.807) is 0 Å². The van der Waals surface area contributed by atoms with Crippen LogP contribution in [0.15, 0.2) is 0 Å². The molecule has 0 bridgehead atoms. The highest BCUT2D eigenvalue weighted by Gasteiger charge is 2.55. The number of carboxylic acids is 1. The summed E-state index contributed by atoms with van der Waals surface area (Å²) in [4.78, 5) is 11.0. The zero-order chi connectivity index (χ0) is 11.5. The second kappa shape index (κ2) is 4.97. The summed E-state index contributed by atoms with van der Waals surface area (Å²) in [7, 11) is 0. The molecule has 88 valence electrons. The van der Waals surface area contributed by atoms with Crippen molar-refractivity contribution in [3.05, 3.63) is 0 Å². The Balaban J connectivity index is 2.68. The summed E-state index contributed by atoms with van der Waals surface area (Å²) in [6, 6.07) is -0.652. The number of carboxylic acid groups (broad SMARTS) is 1.